The normalized spacial score (nSPS) is 12.7. The Kier molecular flexibility index (Phi) is 24.6. The van der Waals surface area contributed by atoms with Crippen LogP contribution in [0.15, 0.2) is 133 Å². The van der Waals surface area contributed by atoms with Gasteiger partial charge in [0.05, 0.1) is 12.8 Å². The Labute approximate surface area is 538 Å². The van der Waals surface area contributed by atoms with E-state index in [0.717, 1.165) is 55.2 Å². The Morgan fingerprint density at radius 1 is 0.494 bits per heavy atom. The van der Waals surface area contributed by atoms with Crippen LogP contribution in [0.25, 0.3) is 22.3 Å². The van der Waals surface area contributed by atoms with Gasteiger partial charge < -0.3 is 38.6 Å². The average Bonchev–Trinajstić information content (AvgIpc) is 2.05. The highest BCUT2D eigenvalue weighted by Gasteiger charge is 2.33. The molecule has 1 N–H and O–H groups in total. The molecular formula is C70H83Cl3N4O12. The standard InChI is InChI=1S/C35H41ClN2O6.C22H32N2O6.C13H10Cl2/c1-34(2,3)43-32(40)17-18-37(33(41)44-35(4,5)6)22-31(39)38-19-16-26-21-27(13-15-30(26)38)42-23-24-12-14-28(29(36)20-24)25-10-8-7-9-11-25;1-21(2,3)29-19(27)10-11-23(20(28)30-22(4,5)6)14-18(26)24-12-9-15-13-16(25)7-8-17(15)24;14-9-10-6-7-12(13(15)8-10)11-4-2-1-3-5-11/h7-15,20-21H,16-19,22-23H2,1-6H3;7-8,13,25H,9-12,14H2,1-6H3;1-8H,9H2. The van der Waals surface area contributed by atoms with E-state index in [0.29, 0.717) is 54.9 Å². The van der Waals surface area contributed by atoms with Crippen LogP contribution in [0.2, 0.25) is 10.0 Å². The van der Waals surface area contributed by atoms with Crippen LogP contribution in [-0.4, -0.2) is 113 Å². The monoisotopic (exact) mass is 1280 g/mol. The smallest absolute Gasteiger partial charge is 0.410 e. The molecule has 8 rings (SSSR count). The van der Waals surface area contributed by atoms with Crippen LogP contribution in [0.4, 0.5) is 21.0 Å². The summed E-state index contributed by atoms with van der Waals surface area (Å²) >= 11 is 18.5. The minimum absolute atomic E-state index is 0.000609. The predicted molar refractivity (Wildman–Crippen MR) is 351 cm³/mol. The van der Waals surface area contributed by atoms with Crippen LogP contribution in [0.5, 0.6) is 11.5 Å². The van der Waals surface area contributed by atoms with Gasteiger partial charge in [0.1, 0.15) is 53.6 Å². The van der Waals surface area contributed by atoms with Gasteiger partial charge in [0.25, 0.3) is 0 Å². The summed E-state index contributed by atoms with van der Waals surface area (Å²) in [5.74, 6) is -0.119. The number of esters is 2. The number of aromatic hydroxyl groups is 1. The zero-order chi connectivity index (χ0) is 65.4. The molecule has 89 heavy (non-hydrogen) atoms. The van der Waals surface area contributed by atoms with E-state index in [1.54, 1.807) is 105 Å². The lowest BCUT2D eigenvalue weighted by Crippen LogP contribution is -2.45. The SMILES string of the molecule is CC(C)(C)OC(=O)CCN(CC(=O)N1CCc2cc(O)ccc21)C(=O)OC(C)(C)C.CC(C)(C)OC(=O)CCN(CC(=O)N1CCc2cc(OCc3ccc(-c4ccccc4)c(Cl)c3)ccc21)C(=O)OC(C)(C)C.ClCc1ccc(-c2ccccc2)c(Cl)c1. The minimum Gasteiger partial charge on any atom is -0.508 e. The fraction of sp³-hybridized carbons (Fsp3) is 0.400. The largest absolute Gasteiger partial charge is 0.508 e. The number of hydrogen-bond acceptors (Lipinski definition) is 12. The van der Waals surface area contributed by atoms with Crippen molar-refractivity contribution < 1.29 is 57.6 Å². The third kappa shape index (κ3) is 22.6. The maximum absolute atomic E-state index is 13.4. The van der Waals surface area contributed by atoms with Crippen molar-refractivity contribution in [2.75, 3.05) is 49.1 Å². The summed E-state index contributed by atoms with van der Waals surface area (Å²) in [6.45, 7) is 21.9. The van der Waals surface area contributed by atoms with Gasteiger partial charge in [-0.05, 0) is 178 Å². The highest BCUT2D eigenvalue weighted by Crippen LogP contribution is 2.35. The van der Waals surface area contributed by atoms with E-state index in [1.165, 1.54) is 15.9 Å². The van der Waals surface area contributed by atoms with E-state index in [2.05, 4.69) is 0 Å². The molecule has 0 spiro atoms. The van der Waals surface area contributed by atoms with Crippen molar-refractivity contribution in [3.8, 4) is 33.8 Å². The van der Waals surface area contributed by atoms with Gasteiger partial charge in [-0.1, -0.05) is 108 Å². The number of halogens is 3. The summed E-state index contributed by atoms with van der Waals surface area (Å²) in [5.41, 5.74) is 6.76. The van der Waals surface area contributed by atoms with Gasteiger partial charge >= 0.3 is 24.1 Å². The van der Waals surface area contributed by atoms with Crippen LogP contribution >= 0.6 is 34.8 Å². The number of hydrogen-bond donors (Lipinski definition) is 1. The summed E-state index contributed by atoms with van der Waals surface area (Å²) in [6.07, 6.45) is -0.144. The van der Waals surface area contributed by atoms with Crippen molar-refractivity contribution in [2.45, 2.75) is 144 Å². The number of phenols is 1. The number of ether oxygens (including phenoxy) is 5. The highest BCUT2D eigenvalue weighted by atomic mass is 35.5. The summed E-state index contributed by atoms with van der Waals surface area (Å²) in [6, 6.07) is 42.4. The maximum atomic E-state index is 13.4. The summed E-state index contributed by atoms with van der Waals surface area (Å²) < 4.78 is 27.7. The van der Waals surface area contributed by atoms with Gasteiger partial charge in [-0.3, -0.25) is 29.0 Å². The van der Waals surface area contributed by atoms with Gasteiger partial charge in [0, 0.05) is 64.6 Å². The molecule has 6 aromatic carbocycles. The molecule has 0 fully saturated rings. The number of rotatable bonds is 16. The van der Waals surface area contributed by atoms with E-state index < -0.39 is 46.5 Å². The molecular weight excluding hydrogens is 1200 g/mol. The van der Waals surface area contributed by atoms with Crippen molar-refractivity contribution in [1.29, 1.82) is 0 Å². The van der Waals surface area contributed by atoms with E-state index >= 15 is 0 Å². The third-order valence-corrected chi connectivity index (χ3v) is 14.2. The van der Waals surface area contributed by atoms with Gasteiger partial charge in [-0.2, -0.15) is 0 Å². The lowest BCUT2D eigenvalue weighted by Gasteiger charge is -2.29. The van der Waals surface area contributed by atoms with Crippen LogP contribution in [0.1, 0.15) is 118 Å². The first kappa shape index (κ1) is 70.3. The van der Waals surface area contributed by atoms with Crippen molar-refractivity contribution in [3.63, 3.8) is 0 Å². The molecule has 2 aliphatic rings. The quantitative estimate of drug-likeness (QED) is 0.0551. The molecule has 16 nitrogen and oxygen atoms in total. The van der Waals surface area contributed by atoms with Crippen LogP contribution in [0.3, 0.4) is 0 Å². The van der Waals surface area contributed by atoms with Gasteiger partial charge in [0.15, 0.2) is 0 Å². The molecule has 0 saturated heterocycles. The number of phenolic OH excluding ortho intramolecular Hbond substituents is 1. The Hall–Kier alpha value is -7.79. The van der Waals surface area contributed by atoms with Crippen LogP contribution < -0.4 is 14.5 Å². The number of fused-ring (bicyclic) bond motifs is 2. The molecule has 0 saturated carbocycles. The van der Waals surface area contributed by atoms with Crippen LogP contribution in [0, 0.1) is 0 Å². The zero-order valence-electron chi connectivity index (χ0n) is 53.0. The molecule has 0 aliphatic carbocycles. The first-order chi connectivity index (χ1) is 41.7. The van der Waals surface area contributed by atoms with Gasteiger partial charge in [-0.15, -0.1) is 11.6 Å². The number of carbonyl (C=O) groups excluding carboxylic acids is 6. The summed E-state index contributed by atoms with van der Waals surface area (Å²) in [4.78, 5) is 82.1. The van der Waals surface area contributed by atoms with Crippen molar-refractivity contribution in [1.82, 2.24) is 9.80 Å². The van der Waals surface area contributed by atoms with Crippen molar-refractivity contribution in [2.24, 2.45) is 0 Å². The Bertz CT molecular complexity index is 3430. The Balaban J connectivity index is 0.000000240. The van der Waals surface area contributed by atoms with Crippen molar-refractivity contribution >= 4 is 82.1 Å². The minimum atomic E-state index is -0.754. The molecule has 0 aromatic heterocycles. The molecule has 0 bridgehead atoms. The first-order valence-corrected chi connectivity index (χ1v) is 30.9. The third-order valence-electron chi connectivity index (χ3n) is 13.3. The lowest BCUT2D eigenvalue weighted by atomic mass is 10.0. The second kappa shape index (κ2) is 31.1. The molecule has 476 valence electrons. The topological polar surface area (TPSA) is 182 Å². The van der Waals surface area contributed by atoms with E-state index in [-0.39, 0.29) is 56.6 Å². The summed E-state index contributed by atoms with van der Waals surface area (Å²) in [7, 11) is 0. The fourth-order valence-electron chi connectivity index (χ4n) is 9.39. The second-order valence-corrected chi connectivity index (χ2v) is 26.5. The molecule has 0 unspecified atom stereocenters. The van der Waals surface area contributed by atoms with Crippen LogP contribution in [-0.2, 0) is 63.5 Å². The Morgan fingerprint density at radius 2 is 0.899 bits per heavy atom. The molecule has 4 amide bonds. The van der Waals surface area contributed by atoms with E-state index in [9.17, 15) is 33.9 Å². The van der Waals surface area contributed by atoms with E-state index in [1.807, 2.05) is 115 Å². The number of amides is 4. The predicted octanol–water partition coefficient (Wildman–Crippen LogP) is 15.4. The van der Waals surface area contributed by atoms with Gasteiger partial charge in [-0.25, -0.2) is 9.59 Å². The second-order valence-electron chi connectivity index (χ2n) is 25.5. The summed E-state index contributed by atoms with van der Waals surface area (Å²) in [5, 5.41) is 11.0. The molecule has 2 aliphatic heterocycles. The molecule has 0 radical (unpaired) electrons. The number of benzene rings is 6. The number of anilines is 2. The lowest BCUT2D eigenvalue weighted by molar-refractivity contribution is -0.156. The maximum Gasteiger partial charge on any atom is 0.410 e. The number of alkyl halides is 1. The highest BCUT2D eigenvalue weighted by molar-refractivity contribution is 6.34. The van der Waals surface area contributed by atoms with Gasteiger partial charge in [0.2, 0.25) is 11.8 Å². The number of carbonyl (C=O) groups is 6. The fourth-order valence-corrected chi connectivity index (χ4v) is 10.2. The van der Waals surface area contributed by atoms with Crippen molar-refractivity contribution in [3.05, 3.63) is 166 Å². The molecule has 2 heterocycles. The zero-order valence-corrected chi connectivity index (χ0v) is 55.3. The average molecular weight is 1280 g/mol. The number of nitrogens with zero attached hydrogens (tertiary/aromatic N) is 4. The molecule has 0 atom stereocenters. The van der Waals surface area contributed by atoms with E-state index in [4.69, 9.17) is 58.5 Å². The Morgan fingerprint density at radius 3 is 1.31 bits per heavy atom. The molecule has 6 aromatic rings. The first-order valence-electron chi connectivity index (χ1n) is 29.6. The molecule has 19 heteroatoms.